The molecule has 0 N–H and O–H groups in total. The van der Waals surface area contributed by atoms with E-state index >= 15 is 0 Å². The van der Waals surface area contributed by atoms with Crippen molar-refractivity contribution >= 4 is 7.82 Å². The number of ether oxygens (including phenoxy) is 2. The van der Waals surface area contributed by atoms with Gasteiger partial charge >= 0.3 is 7.82 Å². The zero-order valence-corrected chi connectivity index (χ0v) is 11.9. The Hall–Kier alpha value is -1.17. The minimum atomic E-state index is -3.78. The van der Waals surface area contributed by atoms with Gasteiger partial charge in [0.25, 0.3) is 0 Å². The molecule has 0 aliphatic carbocycles. The van der Waals surface area contributed by atoms with Crippen molar-refractivity contribution < 1.29 is 27.6 Å². The molecule has 0 spiro atoms. The third kappa shape index (κ3) is 7.21. The standard InChI is InChI=1S/C11H17O6P/c1-6-8-14-10(3)16-18(12,13-5)17-11(4)15-9-7-2/h10-11H,1-5H3. The van der Waals surface area contributed by atoms with E-state index in [1.807, 2.05) is 0 Å². The lowest BCUT2D eigenvalue weighted by Crippen LogP contribution is -2.15. The largest absolute Gasteiger partial charge is 0.480 e. The number of hydrogen-bond donors (Lipinski definition) is 0. The highest BCUT2D eigenvalue weighted by Gasteiger charge is 2.31. The van der Waals surface area contributed by atoms with Crippen LogP contribution < -0.4 is 0 Å². The molecule has 0 aliphatic heterocycles. The summed E-state index contributed by atoms with van der Waals surface area (Å²) < 4.78 is 36.4. The molecule has 0 saturated carbocycles. The fourth-order valence-electron chi connectivity index (χ4n) is 0.801. The van der Waals surface area contributed by atoms with Crippen LogP contribution in [0.5, 0.6) is 0 Å². The Morgan fingerprint density at radius 2 is 1.33 bits per heavy atom. The smallest absolute Gasteiger partial charge is 0.414 e. The average Bonchev–Trinajstić information content (AvgIpc) is 2.33. The Bertz CT molecular complexity index is 365. The molecule has 102 valence electrons. The molecule has 0 aromatic carbocycles. The summed E-state index contributed by atoms with van der Waals surface area (Å²) in [5, 5.41) is 0. The molecule has 18 heavy (non-hydrogen) atoms. The summed E-state index contributed by atoms with van der Waals surface area (Å²) in [5.74, 6) is 5.01. The molecule has 0 aromatic heterocycles. The van der Waals surface area contributed by atoms with E-state index < -0.39 is 20.4 Å². The van der Waals surface area contributed by atoms with Crippen LogP contribution >= 0.6 is 7.82 Å². The number of phosphoric acid groups is 1. The second kappa shape index (κ2) is 8.85. The van der Waals surface area contributed by atoms with Gasteiger partial charge in [-0.3, -0.25) is 4.52 Å². The Labute approximate surface area is 108 Å². The Balaban J connectivity index is 4.43. The van der Waals surface area contributed by atoms with Gasteiger partial charge in [-0.1, -0.05) is 11.8 Å². The Morgan fingerprint density at radius 1 is 0.944 bits per heavy atom. The molecule has 6 nitrogen and oxygen atoms in total. The summed E-state index contributed by atoms with van der Waals surface area (Å²) in [7, 11) is -2.59. The maximum Gasteiger partial charge on any atom is 0.480 e. The monoisotopic (exact) mass is 276 g/mol. The molecular weight excluding hydrogens is 259 g/mol. The van der Waals surface area contributed by atoms with Gasteiger partial charge in [0.2, 0.25) is 12.6 Å². The van der Waals surface area contributed by atoms with E-state index in [2.05, 4.69) is 24.1 Å². The summed E-state index contributed by atoms with van der Waals surface area (Å²) in [6, 6.07) is 0. The summed E-state index contributed by atoms with van der Waals surface area (Å²) in [5.41, 5.74) is 0. The quantitative estimate of drug-likeness (QED) is 0.404. The van der Waals surface area contributed by atoms with Gasteiger partial charge in [-0.05, 0) is 13.8 Å². The van der Waals surface area contributed by atoms with Gasteiger partial charge in [-0.25, -0.2) is 13.6 Å². The topological polar surface area (TPSA) is 63.2 Å². The summed E-state index contributed by atoms with van der Waals surface area (Å²) in [4.78, 5) is 0. The molecule has 0 heterocycles. The fourth-order valence-corrected chi connectivity index (χ4v) is 1.84. The van der Waals surface area contributed by atoms with Crippen LogP contribution in [0.15, 0.2) is 0 Å². The zero-order chi connectivity index (χ0) is 14.0. The van der Waals surface area contributed by atoms with Crippen LogP contribution in [0, 0.1) is 24.1 Å². The second-order valence-electron chi connectivity index (χ2n) is 2.92. The lowest BCUT2D eigenvalue weighted by Gasteiger charge is -2.21. The van der Waals surface area contributed by atoms with Crippen molar-refractivity contribution in [1.82, 2.24) is 0 Å². The summed E-state index contributed by atoms with van der Waals surface area (Å²) in [6.07, 6.45) is 2.91. The molecule has 2 unspecified atom stereocenters. The average molecular weight is 276 g/mol. The van der Waals surface area contributed by atoms with E-state index in [1.165, 1.54) is 21.0 Å². The minimum absolute atomic E-state index is 0.868. The van der Waals surface area contributed by atoms with E-state index in [9.17, 15) is 4.57 Å². The summed E-state index contributed by atoms with van der Waals surface area (Å²) in [6.45, 7) is 6.21. The first-order valence-corrected chi connectivity index (χ1v) is 6.60. The third-order valence-electron chi connectivity index (χ3n) is 1.43. The predicted octanol–water partition coefficient (Wildman–Crippen LogP) is 2.46. The first-order chi connectivity index (χ1) is 8.47. The molecule has 0 amide bonds. The van der Waals surface area contributed by atoms with Gasteiger partial charge in [-0.15, -0.1) is 0 Å². The van der Waals surface area contributed by atoms with Crippen molar-refractivity contribution in [3.8, 4) is 24.1 Å². The Morgan fingerprint density at radius 3 is 1.61 bits per heavy atom. The van der Waals surface area contributed by atoms with Crippen LogP contribution in [0.1, 0.15) is 27.7 Å². The van der Waals surface area contributed by atoms with Gasteiger partial charge in [0.15, 0.2) is 0 Å². The lowest BCUT2D eigenvalue weighted by molar-refractivity contribution is -0.0715. The highest BCUT2D eigenvalue weighted by molar-refractivity contribution is 7.48. The SMILES string of the molecule is CC#COC(C)OP(=O)(OC)OC(C)OC#CC. The number of hydrogen-bond acceptors (Lipinski definition) is 6. The van der Waals surface area contributed by atoms with Gasteiger partial charge in [0.1, 0.15) is 12.2 Å². The van der Waals surface area contributed by atoms with Crippen molar-refractivity contribution in [3.05, 3.63) is 0 Å². The van der Waals surface area contributed by atoms with Crippen molar-refractivity contribution in [2.45, 2.75) is 40.3 Å². The molecule has 0 rings (SSSR count). The van der Waals surface area contributed by atoms with E-state index in [-0.39, 0.29) is 0 Å². The maximum absolute atomic E-state index is 12.0. The fraction of sp³-hybridized carbons (Fsp3) is 0.636. The molecule has 7 heteroatoms. The number of phosphoric ester groups is 1. The Kier molecular flexibility index (Phi) is 8.28. The third-order valence-corrected chi connectivity index (χ3v) is 2.99. The van der Waals surface area contributed by atoms with Crippen LogP contribution in [0.2, 0.25) is 0 Å². The van der Waals surface area contributed by atoms with Crippen molar-refractivity contribution in [2.75, 3.05) is 7.11 Å². The van der Waals surface area contributed by atoms with E-state index in [4.69, 9.17) is 23.0 Å². The predicted molar refractivity (Wildman–Crippen MR) is 64.8 cm³/mol. The molecule has 0 bridgehead atoms. The maximum atomic E-state index is 12.0. The van der Waals surface area contributed by atoms with Crippen LogP contribution in [0.3, 0.4) is 0 Å². The first-order valence-electron chi connectivity index (χ1n) is 5.14. The second-order valence-corrected chi connectivity index (χ2v) is 4.60. The van der Waals surface area contributed by atoms with Crippen LogP contribution in [0.25, 0.3) is 0 Å². The molecule has 0 radical (unpaired) electrons. The number of rotatable bonds is 7. The molecule has 0 aromatic rings. The minimum Gasteiger partial charge on any atom is -0.414 e. The lowest BCUT2D eigenvalue weighted by atomic mass is 10.7. The van der Waals surface area contributed by atoms with E-state index in [0.717, 1.165) is 0 Å². The molecular formula is C11H17O6P. The van der Waals surface area contributed by atoms with Gasteiger partial charge in [0.05, 0.1) is 0 Å². The highest BCUT2D eigenvalue weighted by Crippen LogP contribution is 2.50. The zero-order valence-electron chi connectivity index (χ0n) is 11.1. The normalized spacial score (nSPS) is 16.1. The van der Waals surface area contributed by atoms with Crippen molar-refractivity contribution in [3.63, 3.8) is 0 Å². The molecule has 2 atom stereocenters. The van der Waals surface area contributed by atoms with Crippen molar-refractivity contribution in [1.29, 1.82) is 0 Å². The highest BCUT2D eigenvalue weighted by atomic mass is 31.2. The first kappa shape index (κ1) is 16.8. The molecule has 0 fully saturated rings. The summed E-state index contributed by atoms with van der Waals surface area (Å²) >= 11 is 0. The van der Waals surface area contributed by atoms with Gasteiger partial charge < -0.3 is 9.47 Å². The van der Waals surface area contributed by atoms with Crippen LogP contribution in [-0.2, 0) is 27.6 Å². The van der Waals surface area contributed by atoms with Crippen LogP contribution in [0.4, 0.5) is 0 Å². The van der Waals surface area contributed by atoms with E-state index in [0.29, 0.717) is 0 Å². The van der Waals surface area contributed by atoms with Gasteiger partial charge in [-0.2, -0.15) is 0 Å². The van der Waals surface area contributed by atoms with E-state index in [1.54, 1.807) is 13.8 Å². The molecule has 0 aliphatic rings. The van der Waals surface area contributed by atoms with Crippen LogP contribution in [-0.4, -0.2) is 19.7 Å². The molecule has 0 saturated heterocycles. The van der Waals surface area contributed by atoms with Crippen molar-refractivity contribution in [2.24, 2.45) is 0 Å². The van der Waals surface area contributed by atoms with Gasteiger partial charge in [0, 0.05) is 21.0 Å².